The first-order chi connectivity index (χ1) is 0. The molecule has 0 N–H and O–H groups in total. The maximum absolute atomic E-state index is 0. The molecule has 0 aliphatic heterocycles. The molecule has 17 heavy (non-hydrogen) atoms. The predicted octanol–water partition coefficient (Wildman–Crippen LogP) is 0.0181. The zero-order valence-electron chi connectivity index (χ0n) is 7.86. The second-order valence-electron chi connectivity index (χ2n) is 0. The van der Waals surface area contributed by atoms with Crippen LogP contribution in [0, 0.1) is 0 Å². The molecule has 0 aromatic carbocycles. The van der Waals surface area contributed by atoms with E-state index in [1.54, 1.807) is 0 Å². The molecule has 0 heterocycles. The predicted molar refractivity (Wildman–Crippen MR) is 11.1 cm³/mol. The van der Waals surface area contributed by atoms with Crippen molar-refractivity contribution in [3.8, 4) is 0 Å². The van der Waals surface area contributed by atoms with Crippen LogP contribution in [-0.2, 0) is 297 Å². The molecule has 0 bridgehead atoms. The quantitative estimate of drug-likeness (QED) is 0.302. The molecule has 0 aromatic heterocycles. The van der Waals surface area contributed by atoms with E-state index in [0.717, 1.165) is 0 Å². The second kappa shape index (κ2) is 165. The van der Waals surface area contributed by atoms with E-state index >= 15 is 0 Å². The van der Waals surface area contributed by atoms with E-state index in [2.05, 4.69) is 0 Å². The number of hydrogen-bond donors (Lipinski definition) is 0. The van der Waals surface area contributed by atoms with Gasteiger partial charge in [0.05, 0.1) is 0 Å². The Morgan fingerprint density at radius 3 is 0.118 bits per heavy atom. The Hall–Kier alpha value is 9.78. The maximum Gasteiger partial charge on any atom is 0 e. The zero-order valence-corrected chi connectivity index (χ0v) is 31.6. The van der Waals surface area contributed by atoms with Crippen molar-refractivity contribution in [2.75, 3.05) is 0 Å². The first-order valence-electron chi connectivity index (χ1n) is 0. The Morgan fingerprint density at radius 2 is 0.118 bits per heavy atom. The van der Waals surface area contributed by atoms with Crippen LogP contribution in [0.3, 0.4) is 0 Å². The number of rotatable bonds is 0. The van der Waals surface area contributed by atoms with Crippen LogP contribution in [0.1, 0.15) is 0 Å². The average Bonchev–Trinajstić information content (AvgIpc) is 0. The van der Waals surface area contributed by atoms with Gasteiger partial charge in [0.1, 0.15) is 0 Å². The van der Waals surface area contributed by atoms with Crippen LogP contribution in [0.25, 0.3) is 0 Å². The van der Waals surface area contributed by atoms with Crippen LogP contribution >= 0.6 is 9.90 Å². The summed E-state index contributed by atoms with van der Waals surface area (Å²) >= 11 is 0. The molecule has 0 aromatic rings. The summed E-state index contributed by atoms with van der Waals surface area (Å²) in [6, 6.07) is 0. The topological polar surface area (TPSA) is 0 Å². The van der Waals surface area contributed by atoms with Crippen LogP contribution in [0.2, 0.25) is 0 Å². The first-order valence-corrected chi connectivity index (χ1v) is 0. The molecule has 0 rings (SSSR count). The van der Waals surface area contributed by atoms with Crippen molar-refractivity contribution >= 4 is 9.90 Å². The van der Waals surface area contributed by atoms with E-state index in [-0.39, 0.29) is 307 Å². The van der Waals surface area contributed by atoms with Crippen molar-refractivity contribution in [1.29, 1.82) is 0 Å². The molecule has 0 aliphatic carbocycles. The third kappa shape index (κ3) is 152. The third-order valence-corrected chi connectivity index (χ3v) is 0. The van der Waals surface area contributed by atoms with Crippen LogP contribution < -0.4 is 0 Å². The van der Waals surface area contributed by atoms with Crippen molar-refractivity contribution in [2.45, 2.75) is 0 Å². The normalized spacial score (nSPS) is 0. The fourth-order valence-electron chi connectivity index (χ4n) is 0. The molecule has 0 amide bonds. The smallest absolute Gasteiger partial charge is 0 e. The minimum atomic E-state index is 0. The third-order valence-electron chi connectivity index (χ3n) is 0. The van der Waals surface area contributed by atoms with E-state index in [4.69, 9.17) is 0 Å². The summed E-state index contributed by atoms with van der Waals surface area (Å²) in [5.41, 5.74) is 0. The molecule has 16 radical (unpaired) electrons. The van der Waals surface area contributed by atoms with Crippen LogP contribution in [0.15, 0.2) is 0 Å². The van der Waals surface area contributed by atoms with E-state index < -0.39 is 0 Å². The summed E-state index contributed by atoms with van der Waals surface area (Å²) in [6.45, 7) is 0. The Balaban J connectivity index is 0. The Bertz CT molecular complexity index is 5.49. The van der Waals surface area contributed by atoms with E-state index in [0.29, 0.717) is 0 Å². The molecule has 0 spiro atoms. The summed E-state index contributed by atoms with van der Waals surface area (Å²) < 4.78 is 0. The maximum atomic E-state index is 0. The Kier molecular flexibility index (Phi) is 1810. The molecule has 0 saturated heterocycles. The summed E-state index contributed by atoms with van der Waals surface area (Å²) in [4.78, 5) is 0. The summed E-state index contributed by atoms with van der Waals surface area (Å²) in [5.74, 6) is 0. The summed E-state index contributed by atoms with van der Waals surface area (Å²) in [6.07, 6.45) is 0. The average molecular weight is 849 g/mol. The summed E-state index contributed by atoms with van der Waals surface area (Å²) in [7, 11) is 0. The SMILES string of the molecule is P.[V].[V].[V].[V].[V].[V].[V].[V].[V].[V].[V].[V].[V].[V].[V].[V]. The van der Waals surface area contributed by atoms with Crippen molar-refractivity contribution in [2.24, 2.45) is 0 Å². The largest absolute Gasteiger partial charge is 0.153 e. The van der Waals surface area contributed by atoms with Gasteiger partial charge in [0.25, 0.3) is 0 Å². The number of hydrogen-bond acceptors (Lipinski definition) is 0. The van der Waals surface area contributed by atoms with E-state index in [1.165, 1.54) is 0 Å². The van der Waals surface area contributed by atoms with Gasteiger partial charge in [0.15, 0.2) is 0 Å². The molecule has 88 valence electrons. The molecule has 1 unspecified atom stereocenters. The van der Waals surface area contributed by atoms with Crippen molar-refractivity contribution in [3.63, 3.8) is 0 Å². The zero-order chi connectivity index (χ0) is 0. The van der Waals surface area contributed by atoms with Crippen molar-refractivity contribution in [1.82, 2.24) is 0 Å². The molecular formula is H3PV16. The van der Waals surface area contributed by atoms with Gasteiger partial charge in [-0.2, -0.15) is 9.90 Å². The standard InChI is InChI=1S/H3P.16V/h1H3;;;;;;;;;;;;;;;;. The minimum Gasteiger partial charge on any atom is -0.153 e. The fraction of sp³-hybridized carbons (Fsp3) is 0. The van der Waals surface area contributed by atoms with Gasteiger partial charge in [0.2, 0.25) is 0 Å². The summed E-state index contributed by atoms with van der Waals surface area (Å²) in [5, 5.41) is 0. The first kappa shape index (κ1) is 186. The van der Waals surface area contributed by atoms with Gasteiger partial charge < -0.3 is 0 Å². The van der Waals surface area contributed by atoms with Crippen LogP contribution in [0.4, 0.5) is 0 Å². The minimum absolute atomic E-state index is 0. The van der Waals surface area contributed by atoms with Crippen LogP contribution in [0.5, 0.6) is 0 Å². The van der Waals surface area contributed by atoms with Crippen molar-refractivity contribution in [3.05, 3.63) is 0 Å². The van der Waals surface area contributed by atoms with Gasteiger partial charge in [0, 0.05) is 297 Å². The Morgan fingerprint density at radius 1 is 0.118 bits per heavy atom. The van der Waals surface area contributed by atoms with Gasteiger partial charge in [-0.15, -0.1) is 0 Å². The van der Waals surface area contributed by atoms with Gasteiger partial charge in [-0.3, -0.25) is 0 Å². The molecule has 0 fully saturated rings. The fourth-order valence-corrected chi connectivity index (χ4v) is 0. The molecule has 0 nitrogen and oxygen atoms in total. The van der Waals surface area contributed by atoms with Crippen molar-refractivity contribution < 1.29 is 297 Å². The molecule has 0 saturated carbocycles. The van der Waals surface area contributed by atoms with Gasteiger partial charge in [-0.25, -0.2) is 0 Å². The second-order valence-corrected chi connectivity index (χ2v) is 0. The van der Waals surface area contributed by atoms with Gasteiger partial charge in [-0.1, -0.05) is 0 Å². The Labute approximate surface area is 299 Å². The van der Waals surface area contributed by atoms with Gasteiger partial charge >= 0.3 is 0 Å². The van der Waals surface area contributed by atoms with Crippen LogP contribution in [-0.4, -0.2) is 0 Å². The van der Waals surface area contributed by atoms with E-state index in [9.17, 15) is 0 Å². The molecule has 0 aliphatic rings. The molecule has 1 atom stereocenters. The van der Waals surface area contributed by atoms with Gasteiger partial charge in [-0.05, 0) is 0 Å². The monoisotopic (exact) mass is 849 g/mol. The molecular weight excluding hydrogens is 846 g/mol. The molecule has 17 heteroatoms. The van der Waals surface area contributed by atoms with E-state index in [1.807, 2.05) is 0 Å².